The van der Waals surface area contributed by atoms with Crippen molar-refractivity contribution in [3.05, 3.63) is 27.2 Å². The highest BCUT2D eigenvalue weighted by Gasteiger charge is 2.11. The van der Waals surface area contributed by atoms with Crippen molar-refractivity contribution >= 4 is 52.4 Å². The predicted molar refractivity (Wildman–Crippen MR) is 75.2 cm³/mol. The van der Waals surface area contributed by atoms with Gasteiger partial charge in [0.05, 0.1) is 28.7 Å². The monoisotopic (exact) mass is 324 g/mol. The van der Waals surface area contributed by atoms with E-state index in [1.165, 1.54) is 12.1 Å². The van der Waals surface area contributed by atoms with Gasteiger partial charge in [-0.1, -0.05) is 34.8 Å². The van der Waals surface area contributed by atoms with Crippen LogP contribution in [0, 0.1) is 0 Å². The van der Waals surface area contributed by atoms with Crippen LogP contribution in [0.5, 0.6) is 0 Å². The molecule has 0 saturated heterocycles. The van der Waals surface area contributed by atoms with E-state index in [-0.39, 0.29) is 41.2 Å². The first-order valence-corrected chi connectivity index (χ1v) is 6.40. The third-order valence-corrected chi connectivity index (χ3v) is 2.89. The van der Waals surface area contributed by atoms with Gasteiger partial charge in [0, 0.05) is 11.6 Å². The zero-order valence-corrected chi connectivity index (χ0v) is 11.9. The molecule has 5 nitrogen and oxygen atoms in total. The largest absolute Gasteiger partial charge is 0.481 e. The van der Waals surface area contributed by atoms with E-state index in [2.05, 4.69) is 10.6 Å². The van der Waals surface area contributed by atoms with Crippen LogP contribution in [0.3, 0.4) is 0 Å². The van der Waals surface area contributed by atoms with E-state index >= 15 is 0 Å². The number of rotatable bonds is 6. The number of carbonyl (C=O) groups is 2. The molecule has 0 aliphatic carbocycles. The van der Waals surface area contributed by atoms with Crippen molar-refractivity contribution in [3.63, 3.8) is 0 Å². The SMILES string of the molecule is O=C(O)CCNCC(=O)Nc1c(Cl)cc(Cl)cc1Cl. The molecule has 3 N–H and O–H groups in total. The van der Waals surface area contributed by atoms with Crippen LogP contribution in [0.2, 0.25) is 15.1 Å². The standard InChI is InChI=1S/C11H11Cl3N2O3/c12-6-3-7(13)11(8(14)4-6)16-9(17)5-15-2-1-10(18)19/h3-4,15H,1-2,5H2,(H,16,17)(H,18,19). The Hall–Kier alpha value is -1.01. The van der Waals surface area contributed by atoms with E-state index in [4.69, 9.17) is 39.9 Å². The van der Waals surface area contributed by atoms with Crippen LogP contribution in [0.4, 0.5) is 5.69 Å². The summed E-state index contributed by atoms with van der Waals surface area (Å²) in [5, 5.41) is 14.5. The molecule has 104 valence electrons. The summed E-state index contributed by atoms with van der Waals surface area (Å²) in [6, 6.07) is 2.92. The molecule has 1 amide bonds. The fraction of sp³-hybridized carbons (Fsp3) is 0.273. The summed E-state index contributed by atoms with van der Waals surface area (Å²) in [6.45, 7) is 0.160. The lowest BCUT2D eigenvalue weighted by molar-refractivity contribution is -0.137. The lowest BCUT2D eigenvalue weighted by Crippen LogP contribution is -2.29. The highest BCUT2D eigenvalue weighted by molar-refractivity contribution is 6.42. The van der Waals surface area contributed by atoms with Gasteiger partial charge in [-0.3, -0.25) is 9.59 Å². The van der Waals surface area contributed by atoms with Gasteiger partial charge in [0.25, 0.3) is 0 Å². The number of benzene rings is 1. The van der Waals surface area contributed by atoms with Crippen LogP contribution >= 0.6 is 34.8 Å². The van der Waals surface area contributed by atoms with E-state index in [9.17, 15) is 9.59 Å². The molecule has 1 aromatic rings. The molecule has 0 unspecified atom stereocenters. The van der Waals surface area contributed by atoms with Crippen LogP contribution in [0.15, 0.2) is 12.1 Å². The smallest absolute Gasteiger partial charge is 0.304 e. The number of amides is 1. The first-order valence-electron chi connectivity index (χ1n) is 5.27. The lowest BCUT2D eigenvalue weighted by Gasteiger charge is -2.10. The number of aliphatic carboxylic acids is 1. The second-order valence-electron chi connectivity index (χ2n) is 3.61. The highest BCUT2D eigenvalue weighted by atomic mass is 35.5. The van der Waals surface area contributed by atoms with Gasteiger partial charge in [-0.25, -0.2) is 0 Å². The summed E-state index contributed by atoms with van der Waals surface area (Å²) in [6.07, 6.45) is -0.0598. The molecule has 0 radical (unpaired) electrons. The molecule has 0 aliphatic rings. The Kier molecular flexibility index (Phi) is 6.37. The van der Waals surface area contributed by atoms with E-state index in [1.807, 2.05) is 0 Å². The Morgan fingerprint density at radius 3 is 2.26 bits per heavy atom. The molecule has 19 heavy (non-hydrogen) atoms. The number of halogens is 3. The summed E-state index contributed by atoms with van der Waals surface area (Å²) in [5.74, 6) is -1.31. The number of hydrogen-bond acceptors (Lipinski definition) is 3. The normalized spacial score (nSPS) is 10.3. The Labute approximate surface area is 124 Å². The van der Waals surface area contributed by atoms with Gasteiger partial charge in [-0.05, 0) is 12.1 Å². The van der Waals surface area contributed by atoms with Crippen molar-refractivity contribution in [2.24, 2.45) is 0 Å². The average Bonchev–Trinajstić information content (AvgIpc) is 2.29. The van der Waals surface area contributed by atoms with Crippen molar-refractivity contribution in [2.75, 3.05) is 18.4 Å². The summed E-state index contributed by atoms with van der Waals surface area (Å²) in [5.41, 5.74) is 0.276. The Morgan fingerprint density at radius 2 is 1.74 bits per heavy atom. The second-order valence-corrected chi connectivity index (χ2v) is 4.86. The van der Waals surface area contributed by atoms with Gasteiger partial charge in [0.2, 0.25) is 5.91 Å². The summed E-state index contributed by atoms with van der Waals surface area (Å²) >= 11 is 17.5. The summed E-state index contributed by atoms with van der Waals surface area (Å²) in [7, 11) is 0. The molecule has 0 saturated carbocycles. The van der Waals surface area contributed by atoms with Crippen molar-refractivity contribution < 1.29 is 14.7 Å². The van der Waals surface area contributed by atoms with Gasteiger partial charge in [-0.15, -0.1) is 0 Å². The maximum absolute atomic E-state index is 11.6. The lowest BCUT2D eigenvalue weighted by atomic mass is 10.3. The molecular weight excluding hydrogens is 314 g/mol. The van der Waals surface area contributed by atoms with E-state index < -0.39 is 5.97 Å². The van der Waals surface area contributed by atoms with Crippen molar-refractivity contribution in [1.82, 2.24) is 5.32 Å². The van der Waals surface area contributed by atoms with E-state index in [0.29, 0.717) is 5.02 Å². The number of carboxylic acids is 1. The molecule has 0 fully saturated rings. The number of nitrogens with one attached hydrogen (secondary N) is 2. The first kappa shape index (κ1) is 16.0. The van der Waals surface area contributed by atoms with E-state index in [1.54, 1.807) is 0 Å². The molecule has 1 aromatic carbocycles. The molecule has 0 aromatic heterocycles. The number of carbonyl (C=O) groups excluding carboxylic acids is 1. The first-order chi connectivity index (χ1) is 8.90. The van der Waals surface area contributed by atoms with Gasteiger partial charge >= 0.3 is 5.97 Å². The Bertz CT molecular complexity index is 471. The third kappa shape index (κ3) is 5.65. The molecule has 0 bridgehead atoms. The molecular formula is C11H11Cl3N2O3. The number of hydrogen-bond donors (Lipinski definition) is 3. The van der Waals surface area contributed by atoms with Gasteiger partial charge < -0.3 is 15.7 Å². The van der Waals surface area contributed by atoms with Crippen molar-refractivity contribution in [2.45, 2.75) is 6.42 Å². The molecule has 8 heteroatoms. The van der Waals surface area contributed by atoms with Crippen LogP contribution in [-0.4, -0.2) is 30.1 Å². The fourth-order valence-corrected chi connectivity index (χ4v) is 2.15. The molecule has 0 heterocycles. The predicted octanol–water partition coefficient (Wildman–Crippen LogP) is 2.65. The Morgan fingerprint density at radius 1 is 1.16 bits per heavy atom. The maximum atomic E-state index is 11.6. The Balaban J connectivity index is 2.51. The van der Waals surface area contributed by atoms with Crippen LogP contribution < -0.4 is 10.6 Å². The van der Waals surface area contributed by atoms with Crippen molar-refractivity contribution in [3.8, 4) is 0 Å². The quantitative estimate of drug-likeness (QED) is 0.703. The average molecular weight is 326 g/mol. The molecule has 0 atom stereocenters. The second kappa shape index (κ2) is 7.55. The minimum atomic E-state index is -0.934. The van der Waals surface area contributed by atoms with Gasteiger partial charge in [0.1, 0.15) is 0 Å². The summed E-state index contributed by atoms with van der Waals surface area (Å²) in [4.78, 5) is 21.8. The number of carboxylic acid groups (broad SMARTS) is 1. The minimum absolute atomic E-state index is 0.0391. The maximum Gasteiger partial charge on any atom is 0.304 e. The molecule has 0 aliphatic heterocycles. The summed E-state index contributed by atoms with van der Waals surface area (Å²) < 4.78 is 0. The number of anilines is 1. The van der Waals surface area contributed by atoms with Gasteiger partial charge in [-0.2, -0.15) is 0 Å². The van der Waals surface area contributed by atoms with Crippen LogP contribution in [-0.2, 0) is 9.59 Å². The highest BCUT2D eigenvalue weighted by Crippen LogP contribution is 2.33. The third-order valence-electron chi connectivity index (χ3n) is 2.07. The zero-order chi connectivity index (χ0) is 14.4. The van der Waals surface area contributed by atoms with Gasteiger partial charge in [0.15, 0.2) is 0 Å². The van der Waals surface area contributed by atoms with Crippen LogP contribution in [0.25, 0.3) is 0 Å². The molecule has 1 rings (SSSR count). The zero-order valence-electron chi connectivity index (χ0n) is 9.67. The topological polar surface area (TPSA) is 78.4 Å². The minimum Gasteiger partial charge on any atom is -0.481 e. The van der Waals surface area contributed by atoms with Crippen molar-refractivity contribution in [1.29, 1.82) is 0 Å². The fourth-order valence-electron chi connectivity index (χ4n) is 1.24. The van der Waals surface area contributed by atoms with E-state index in [0.717, 1.165) is 0 Å². The van der Waals surface area contributed by atoms with Crippen LogP contribution in [0.1, 0.15) is 6.42 Å². The molecule has 0 spiro atoms.